The second kappa shape index (κ2) is 7.00. The molecule has 1 aliphatic heterocycles. The minimum absolute atomic E-state index is 0.00370. The third kappa shape index (κ3) is 3.06. The zero-order chi connectivity index (χ0) is 17.9. The molecule has 1 aromatic carbocycles. The average Bonchev–Trinajstić information content (AvgIpc) is 3.33. The van der Waals surface area contributed by atoms with Crippen molar-refractivity contribution in [2.24, 2.45) is 0 Å². The average molecular weight is 348 g/mol. The standard InChI is InChI=1S/C20H20N4O2/c1-26-16-10-7-15(8-11-16)9-12-19(25)23-14-4-5-17(23)20-22-21-18-6-2-3-13-24(18)20/h2-3,6-13,17H,4-5,14H2,1H3/b12-9-/t17-/m1/s1. The number of methoxy groups -OCH3 is 1. The van der Waals surface area contributed by atoms with Gasteiger partial charge in [0, 0.05) is 18.8 Å². The third-order valence-electron chi connectivity index (χ3n) is 4.71. The maximum atomic E-state index is 12.7. The fraction of sp³-hybridized carbons (Fsp3) is 0.250. The molecule has 132 valence electrons. The van der Waals surface area contributed by atoms with Crippen LogP contribution in [0, 0.1) is 0 Å². The van der Waals surface area contributed by atoms with Gasteiger partial charge in [0.05, 0.1) is 13.2 Å². The zero-order valence-corrected chi connectivity index (χ0v) is 14.6. The largest absolute Gasteiger partial charge is 0.497 e. The number of carbonyl (C=O) groups is 1. The molecule has 0 bridgehead atoms. The van der Waals surface area contributed by atoms with E-state index in [0.29, 0.717) is 0 Å². The lowest BCUT2D eigenvalue weighted by atomic mass is 10.2. The van der Waals surface area contributed by atoms with Crippen LogP contribution in [0.3, 0.4) is 0 Å². The minimum atomic E-state index is -0.0413. The Balaban J connectivity index is 1.54. The van der Waals surface area contributed by atoms with Gasteiger partial charge in [-0.15, -0.1) is 10.2 Å². The molecule has 0 saturated carbocycles. The van der Waals surface area contributed by atoms with E-state index in [2.05, 4.69) is 10.2 Å². The van der Waals surface area contributed by atoms with Gasteiger partial charge in [0.1, 0.15) is 5.75 Å². The fourth-order valence-corrected chi connectivity index (χ4v) is 3.36. The molecule has 0 spiro atoms. The number of aromatic nitrogens is 3. The number of carbonyl (C=O) groups excluding carboxylic acids is 1. The second-order valence-corrected chi connectivity index (χ2v) is 6.28. The molecule has 3 aromatic rings. The summed E-state index contributed by atoms with van der Waals surface area (Å²) in [6, 6.07) is 13.4. The number of fused-ring (bicyclic) bond motifs is 1. The highest BCUT2D eigenvalue weighted by atomic mass is 16.5. The summed E-state index contributed by atoms with van der Waals surface area (Å²) < 4.78 is 7.11. The molecule has 0 aliphatic carbocycles. The van der Waals surface area contributed by atoms with Gasteiger partial charge in [0.25, 0.3) is 0 Å². The highest BCUT2D eigenvalue weighted by molar-refractivity contribution is 5.92. The molecular weight excluding hydrogens is 328 g/mol. The predicted octanol–water partition coefficient (Wildman–Crippen LogP) is 3.11. The van der Waals surface area contributed by atoms with Crippen molar-refractivity contribution in [1.29, 1.82) is 0 Å². The summed E-state index contributed by atoms with van der Waals surface area (Å²) in [5, 5.41) is 8.54. The predicted molar refractivity (Wildman–Crippen MR) is 98.7 cm³/mol. The van der Waals surface area contributed by atoms with Crippen LogP contribution in [0.5, 0.6) is 5.75 Å². The Bertz CT molecular complexity index is 946. The summed E-state index contributed by atoms with van der Waals surface area (Å²) in [5.41, 5.74) is 1.76. The zero-order valence-electron chi connectivity index (χ0n) is 14.6. The van der Waals surface area contributed by atoms with Crippen LogP contribution >= 0.6 is 0 Å². The first-order chi connectivity index (χ1) is 12.8. The highest BCUT2D eigenvalue weighted by Gasteiger charge is 2.32. The molecule has 0 radical (unpaired) electrons. The molecule has 1 aliphatic rings. The molecular formula is C20H20N4O2. The Morgan fingerprint density at radius 3 is 2.85 bits per heavy atom. The van der Waals surface area contributed by atoms with Crippen molar-refractivity contribution in [3.05, 3.63) is 66.1 Å². The van der Waals surface area contributed by atoms with Crippen LogP contribution in [0.4, 0.5) is 0 Å². The third-order valence-corrected chi connectivity index (χ3v) is 4.71. The number of rotatable bonds is 4. The van der Waals surface area contributed by atoms with Gasteiger partial charge in [-0.3, -0.25) is 9.20 Å². The molecule has 1 fully saturated rings. The Hall–Kier alpha value is -3.15. The molecule has 1 saturated heterocycles. The van der Waals surface area contributed by atoms with Crippen LogP contribution in [-0.4, -0.2) is 39.1 Å². The van der Waals surface area contributed by atoms with E-state index in [4.69, 9.17) is 4.74 Å². The molecule has 6 nitrogen and oxygen atoms in total. The highest BCUT2D eigenvalue weighted by Crippen LogP contribution is 2.31. The van der Waals surface area contributed by atoms with Crippen molar-refractivity contribution in [2.75, 3.05) is 13.7 Å². The van der Waals surface area contributed by atoms with Crippen molar-refractivity contribution in [2.45, 2.75) is 18.9 Å². The number of likely N-dealkylation sites (tertiary alicyclic amines) is 1. The number of pyridine rings is 1. The Morgan fingerprint density at radius 1 is 1.19 bits per heavy atom. The monoisotopic (exact) mass is 348 g/mol. The summed E-state index contributed by atoms with van der Waals surface area (Å²) in [5.74, 6) is 1.62. The van der Waals surface area contributed by atoms with Gasteiger partial charge in [-0.05, 0) is 48.7 Å². The van der Waals surface area contributed by atoms with Gasteiger partial charge in [-0.1, -0.05) is 18.2 Å². The van der Waals surface area contributed by atoms with Crippen molar-refractivity contribution in [1.82, 2.24) is 19.5 Å². The second-order valence-electron chi connectivity index (χ2n) is 6.28. The van der Waals surface area contributed by atoms with Crippen LogP contribution in [0.25, 0.3) is 11.7 Å². The molecule has 1 amide bonds. The van der Waals surface area contributed by atoms with Crippen LogP contribution < -0.4 is 4.74 Å². The van der Waals surface area contributed by atoms with E-state index < -0.39 is 0 Å². The molecule has 3 heterocycles. The quantitative estimate of drug-likeness (QED) is 0.680. The van der Waals surface area contributed by atoms with Gasteiger partial charge >= 0.3 is 0 Å². The van der Waals surface area contributed by atoms with Gasteiger partial charge in [0.2, 0.25) is 5.91 Å². The van der Waals surface area contributed by atoms with E-state index in [1.807, 2.05) is 64.0 Å². The first-order valence-electron chi connectivity index (χ1n) is 8.68. The van der Waals surface area contributed by atoms with Crippen LogP contribution in [0.2, 0.25) is 0 Å². The minimum Gasteiger partial charge on any atom is -0.497 e. The lowest BCUT2D eigenvalue weighted by Gasteiger charge is -2.22. The summed E-state index contributed by atoms with van der Waals surface area (Å²) in [4.78, 5) is 14.6. The van der Waals surface area contributed by atoms with Crippen molar-refractivity contribution >= 4 is 17.6 Å². The lowest BCUT2D eigenvalue weighted by Crippen LogP contribution is -2.30. The number of ether oxygens (including phenoxy) is 1. The first-order valence-corrected chi connectivity index (χ1v) is 8.68. The van der Waals surface area contributed by atoms with Gasteiger partial charge < -0.3 is 9.64 Å². The Morgan fingerprint density at radius 2 is 2.04 bits per heavy atom. The molecule has 6 heteroatoms. The first kappa shape index (κ1) is 16.3. The Kier molecular flexibility index (Phi) is 4.39. The molecule has 4 rings (SSSR count). The van der Waals surface area contributed by atoms with Gasteiger partial charge in [-0.2, -0.15) is 0 Å². The van der Waals surface area contributed by atoms with Gasteiger partial charge in [-0.25, -0.2) is 0 Å². The van der Waals surface area contributed by atoms with E-state index in [1.165, 1.54) is 0 Å². The molecule has 0 N–H and O–H groups in total. The number of nitrogens with zero attached hydrogens (tertiary/aromatic N) is 4. The molecule has 0 unspecified atom stereocenters. The van der Waals surface area contributed by atoms with E-state index in [1.54, 1.807) is 13.2 Å². The lowest BCUT2D eigenvalue weighted by molar-refractivity contribution is -0.127. The van der Waals surface area contributed by atoms with Crippen molar-refractivity contribution in [3.63, 3.8) is 0 Å². The van der Waals surface area contributed by atoms with Crippen molar-refractivity contribution < 1.29 is 9.53 Å². The van der Waals surface area contributed by atoms with Crippen LogP contribution in [0.15, 0.2) is 54.7 Å². The number of hydrogen-bond donors (Lipinski definition) is 0. The number of amides is 1. The number of hydrogen-bond acceptors (Lipinski definition) is 4. The SMILES string of the molecule is COc1ccc(/C=C\C(=O)N2CCC[C@@H]2c2nnc3ccccn23)cc1. The summed E-state index contributed by atoms with van der Waals surface area (Å²) in [6.07, 6.45) is 7.27. The summed E-state index contributed by atoms with van der Waals surface area (Å²) in [6.45, 7) is 0.734. The summed E-state index contributed by atoms with van der Waals surface area (Å²) in [7, 11) is 1.63. The van der Waals surface area contributed by atoms with Crippen LogP contribution in [0.1, 0.15) is 30.3 Å². The van der Waals surface area contributed by atoms with Gasteiger partial charge in [0.15, 0.2) is 11.5 Å². The molecule has 2 aromatic heterocycles. The summed E-state index contributed by atoms with van der Waals surface area (Å²) >= 11 is 0. The fourth-order valence-electron chi connectivity index (χ4n) is 3.36. The van der Waals surface area contributed by atoms with Crippen molar-refractivity contribution in [3.8, 4) is 5.75 Å². The normalized spacial score (nSPS) is 17.3. The Labute approximate surface area is 151 Å². The van der Waals surface area contributed by atoms with E-state index in [0.717, 1.165) is 42.2 Å². The molecule has 1 atom stereocenters. The maximum Gasteiger partial charge on any atom is 0.247 e. The smallest absolute Gasteiger partial charge is 0.247 e. The topological polar surface area (TPSA) is 59.7 Å². The van der Waals surface area contributed by atoms with E-state index in [-0.39, 0.29) is 11.9 Å². The molecule has 26 heavy (non-hydrogen) atoms. The van der Waals surface area contributed by atoms with E-state index >= 15 is 0 Å². The van der Waals surface area contributed by atoms with Crippen LogP contribution in [-0.2, 0) is 4.79 Å². The van der Waals surface area contributed by atoms with E-state index in [9.17, 15) is 4.79 Å². The maximum absolute atomic E-state index is 12.7. The number of benzene rings is 1.